The normalized spacial score (nSPS) is 10.5. The van der Waals surface area contributed by atoms with Crippen LogP contribution >= 0.6 is 0 Å². The van der Waals surface area contributed by atoms with Crippen molar-refractivity contribution in [3.63, 3.8) is 0 Å². The van der Waals surface area contributed by atoms with Crippen molar-refractivity contribution >= 4 is 23.2 Å². The third-order valence-electron chi connectivity index (χ3n) is 4.80. The lowest BCUT2D eigenvalue weighted by Crippen LogP contribution is -2.38. The molecule has 0 aliphatic carbocycles. The first-order valence-electron chi connectivity index (χ1n) is 9.13. The topological polar surface area (TPSA) is 49.4 Å². The Morgan fingerprint density at radius 3 is 2.08 bits per heavy atom. The highest BCUT2D eigenvalue weighted by molar-refractivity contribution is 6.03. The summed E-state index contributed by atoms with van der Waals surface area (Å²) in [6, 6.07) is 11.9. The number of nitrogens with zero attached hydrogens (tertiary/aromatic N) is 1. The molecule has 0 saturated heterocycles. The zero-order valence-corrected chi connectivity index (χ0v) is 16.3. The lowest BCUT2D eigenvalue weighted by molar-refractivity contribution is -0.120. The van der Waals surface area contributed by atoms with Gasteiger partial charge in [-0.15, -0.1) is 0 Å². The van der Waals surface area contributed by atoms with Crippen LogP contribution in [-0.2, 0) is 22.4 Å². The molecule has 26 heavy (non-hydrogen) atoms. The second-order valence-electron chi connectivity index (χ2n) is 6.53. The number of carbonyl (C=O) groups excluding carboxylic acids is 2. The zero-order chi connectivity index (χ0) is 19.3. The van der Waals surface area contributed by atoms with Crippen molar-refractivity contribution in [1.29, 1.82) is 0 Å². The van der Waals surface area contributed by atoms with Gasteiger partial charge in [-0.05, 0) is 55.0 Å². The molecule has 2 amide bonds. The van der Waals surface area contributed by atoms with Gasteiger partial charge in [-0.25, -0.2) is 0 Å². The number of anilines is 2. The predicted molar refractivity (Wildman–Crippen MR) is 108 cm³/mol. The Morgan fingerprint density at radius 2 is 1.54 bits per heavy atom. The summed E-state index contributed by atoms with van der Waals surface area (Å²) in [5.41, 5.74) is 5.99. The number of para-hydroxylation sites is 1. The first kappa shape index (κ1) is 19.7. The van der Waals surface area contributed by atoms with Gasteiger partial charge in [0.1, 0.15) is 6.54 Å². The summed E-state index contributed by atoms with van der Waals surface area (Å²) in [6.45, 7) is 9.64. The Labute approximate surface area is 156 Å². The summed E-state index contributed by atoms with van der Waals surface area (Å²) in [7, 11) is 0. The molecule has 2 aromatic carbocycles. The molecular weight excluding hydrogens is 324 g/mol. The monoisotopic (exact) mass is 352 g/mol. The van der Waals surface area contributed by atoms with Crippen molar-refractivity contribution in [3.8, 4) is 0 Å². The second-order valence-corrected chi connectivity index (χ2v) is 6.53. The number of benzene rings is 2. The molecule has 2 aromatic rings. The molecule has 4 heteroatoms. The van der Waals surface area contributed by atoms with E-state index in [0.717, 1.165) is 46.5 Å². The smallest absolute Gasteiger partial charge is 0.244 e. The van der Waals surface area contributed by atoms with Gasteiger partial charge in [-0.2, -0.15) is 0 Å². The van der Waals surface area contributed by atoms with E-state index >= 15 is 0 Å². The van der Waals surface area contributed by atoms with Crippen LogP contribution in [0.5, 0.6) is 0 Å². The highest BCUT2D eigenvalue weighted by Crippen LogP contribution is 2.27. The summed E-state index contributed by atoms with van der Waals surface area (Å²) in [4.78, 5) is 26.6. The van der Waals surface area contributed by atoms with E-state index in [-0.39, 0.29) is 18.4 Å². The van der Waals surface area contributed by atoms with E-state index in [0.29, 0.717) is 0 Å². The second kappa shape index (κ2) is 8.65. The molecule has 0 aliphatic heterocycles. The lowest BCUT2D eigenvalue weighted by Gasteiger charge is -2.26. The van der Waals surface area contributed by atoms with Crippen molar-refractivity contribution in [1.82, 2.24) is 0 Å². The average molecular weight is 352 g/mol. The summed E-state index contributed by atoms with van der Waals surface area (Å²) >= 11 is 0. The molecule has 0 unspecified atom stereocenters. The molecule has 0 radical (unpaired) electrons. The first-order valence-corrected chi connectivity index (χ1v) is 9.13. The van der Waals surface area contributed by atoms with E-state index in [9.17, 15) is 9.59 Å². The van der Waals surface area contributed by atoms with E-state index < -0.39 is 0 Å². The number of rotatable bonds is 6. The largest absolute Gasteiger partial charge is 0.324 e. The maximum atomic E-state index is 12.7. The van der Waals surface area contributed by atoms with Gasteiger partial charge < -0.3 is 10.2 Å². The van der Waals surface area contributed by atoms with Gasteiger partial charge in [0.05, 0.1) is 5.69 Å². The molecule has 4 nitrogen and oxygen atoms in total. The van der Waals surface area contributed by atoms with Crippen LogP contribution in [0, 0.1) is 13.8 Å². The summed E-state index contributed by atoms with van der Waals surface area (Å²) in [5, 5.41) is 2.95. The highest BCUT2D eigenvalue weighted by atomic mass is 16.2. The number of nitrogens with one attached hydrogen (secondary N) is 1. The average Bonchev–Trinajstić information content (AvgIpc) is 2.62. The quantitative estimate of drug-likeness (QED) is 0.836. The van der Waals surface area contributed by atoms with Gasteiger partial charge in [0.15, 0.2) is 0 Å². The summed E-state index contributed by atoms with van der Waals surface area (Å²) in [5.74, 6) is -0.321. The van der Waals surface area contributed by atoms with Crippen LogP contribution in [-0.4, -0.2) is 18.4 Å². The van der Waals surface area contributed by atoms with Crippen LogP contribution in [0.2, 0.25) is 0 Å². The number of carbonyl (C=O) groups is 2. The van der Waals surface area contributed by atoms with E-state index in [2.05, 4.69) is 19.2 Å². The van der Waals surface area contributed by atoms with Crippen molar-refractivity contribution in [2.24, 2.45) is 0 Å². The molecule has 138 valence electrons. The van der Waals surface area contributed by atoms with Crippen molar-refractivity contribution in [2.45, 2.75) is 47.5 Å². The molecular formula is C22H28N2O2. The molecule has 0 saturated carbocycles. The Bertz CT molecular complexity index is 790. The fourth-order valence-corrected chi connectivity index (χ4v) is 3.13. The third-order valence-corrected chi connectivity index (χ3v) is 4.80. The van der Waals surface area contributed by atoms with Gasteiger partial charge >= 0.3 is 0 Å². The zero-order valence-electron chi connectivity index (χ0n) is 16.3. The Hall–Kier alpha value is -2.62. The maximum Gasteiger partial charge on any atom is 0.244 e. The van der Waals surface area contributed by atoms with E-state index in [4.69, 9.17) is 0 Å². The van der Waals surface area contributed by atoms with Crippen LogP contribution in [0.25, 0.3) is 0 Å². The molecule has 0 spiro atoms. The van der Waals surface area contributed by atoms with Crippen molar-refractivity contribution in [3.05, 3.63) is 58.7 Å². The molecule has 0 atom stereocenters. The molecule has 2 rings (SSSR count). The SMILES string of the molecule is CCc1cccc(CC)c1N(CC(=O)Nc1cccc(C)c1C)C(C)=O. The summed E-state index contributed by atoms with van der Waals surface area (Å²) in [6.07, 6.45) is 1.62. The van der Waals surface area contributed by atoms with E-state index in [1.165, 1.54) is 6.92 Å². The van der Waals surface area contributed by atoms with Gasteiger partial charge in [-0.3, -0.25) is 9.59 Å². The van der Waals surface area contributed by atoms with Crippen molar-refractivity contribution in [2.75, 3.05) is 16.8 Å². The van der Waals surface area contributed by atoms with E-state index in [1.54, 1.807) is 4.90 Å². The van der Waals surface area contributed by atoms with Gasteiger partial charge in [-0.1, -0.05) is 44.2 Å². The minimum atomic E-state index is -0.193. The Balaban J connectivity index is 2.31. The van der Waals surface area contributed by atoms with Gasteiger partial charge in [0, 0.05) is 12.6 Å². The van der Waals surface area contributed by atoms with Crippen LogP contribution < -0.4 is 10.2 Å². The van der Waals surface area contributed by atoms with E-state index in [1.807, 2.05) is 50.2 Å². The first-order chi connectivity index (χ1) is 12.4. The fraction of sp³-hybridized carbons (Fsp3) is 0.364. The lowest BCUT2D eigenvalue weighted by atomic mass is 10.0. The summed E-state index contributed by atoms with van der Waals surface area (Å²) < 4.78 is 0. The maximum absolute atomic E-state index is 12.7. The number of hydrogen-bond donors (Lipinski definition) is 1. The molecule has 0 aromatic heterocycles. The Morgan fingerprint density at radius 1 is 0.962 bits per heavy atom. The number of aryl methyl sites for hydroxylation is 3. The molecule has 0 fully saturated rings. The molecule has 0 aliphatic rings. The van der Waals surface area contributed by atoms with Crippen LogP contribution in [0.1, 0.15) is 43.0 Å². The molecule has 0 bridgehead atoms. The van der Waals surface area contributed by atoms with Gasteiger partial charge in [0.2, 0.25) is 11.8 Å². The fourth-order valence-electron chi connectivity index (χ4n) is 3.13. The minimum absolute atomic E-state index is 0.00668. The predicted octanol–water partition coefficient (Wildman–Crippen LogP) is 4.42. The molecule has 0 heterocycles. The number of hydrogen-bond acceptors (Lipinski definition) is 2. The van der Waals surface area contributed by atoms with Gasteiger partial charge in [0.25, 0.3) is 0 Å². The minimum Gasteiger partial charge on any atom is -0.324 e. The van der Waals surface area contributed by atoms with Crippen LogP contribution in [0.3, 0.4) is 0 Å². The number of amides is 2. The molecule has 1 N–H and O–H groups in total. The van der Waals surface area contributed by atoms with Crippen LogP contribution in [0.4, 0.5) is 11.4 Å². The highest BCUT2D eigenvalue weighted by Gasteiger charge is 2.21. The van der Waals surface area contributed by atoms with Crippen molar-refractivity contribution < 1.29 is 9.59 Å². The third kappa shape index (κ3) is 4.31. The Kier molecular flexibility index (Phi) is 6.56. The standard InChI is InChI=1S/C22H28N2O2/c1-6-18-11-9-12-19(7-2)22(18)24(17(5)25)14-21(26)23-20-13-8-10-15(3)16(20)4/h8-13H,6-7,14H2,1-5H3,(H,23,26). The van der Waals surface area contributed by atoms with Crippen LogP contribution in [0.15, 0.2) is 36.4 Å².